The largest absolute Gasteiger partial charge is 0.497 e. The summed E-state index contributed by atoms with van der Waals surface area (Å²) in [6.07, 6.45) is -3.42. The Bertz CT molecular complexity index is 852. The number of carbonyl (C=O) groups excluding carboxylic acids is 1. The van der Waals surface area contributed by atoms with Crippen molar-refractivity contribution >= 4 is 17.2 Å². The fraction of sp³-hybridized carbons (Fsp3) is 0.500. The van der Waals surface area contributed by atoms with Crippen LogP contribution in [-0.4, -0.2) is 40.6 Å². The van der Waals surface area contributed by atoms with Gasteiger partial charge >= 0.3 is 6.18 Å². The van der Waals surface area contributed by atoms with Crippen LogP contribution in [-0.2, 0) is 11.0 Å². The topological polar surface area (TPSA) is 62.7 Å². The number of benzene rings is 1. The summed E-state index contributed by atoms with van der Waals surface area (Å²) in [6.45, 7) is 2.37. The number of halogens is 3. The third-order valence-electron chi connectivity index (χ3n) is 5.12. The molecule has 1 fully saturated rings. The van der Waals surface area contributed by atoms with E-state index in [0.717, 1.165) is 19.3 Å². The lowest BCUT2D eigenvalue weighted by Gasteiger charge is -2.36. The fourth-order valence-corrected chi connectivity index (χ4v) is 4.63. The van der Waals surface area contributed by atoms with E-state index in [-0.39, 0.29) is 11.0 Å². The number of hydrogen-bond acceptors (Lipinski definition) is 5. The molecular weight excluding hydrogens is 405 g/mol. The number of hydrogen-bond donors (Lipinski definition) is 1. The number of carbonyl (C=O) groups is 1. The van der Waals surface area contributed by atoms with Crippen LogP contribution in [0.4, 0.5) is 13.2 Å². The lowest BCUT2D eigenvalue weighted by molar-refractivity contribution is -0.148. The first kappa shape index (κ1) is 21.6. The van der Waals surface area contributed by atoms with Gasteiger partial charge in [-0.2, -0.15) is 13.2 Å². The third-order valence-corrected chi connectivity index (χ3v) is 6.28. The van der Waals surface area contributed by atoms with E-state index >= 15 is 0 Å². The Balaban J connectivity index is 1.96. The molecule has 158 valence electrons. The highest BCUT2D eigenvalue weighted by atomic mass is 32.1. The molecular formula is C20H23F3N2O3S. The zero-order valence-electron chi connectivity index (χ0n) is 16.2. The number of rotatable bonds is 5. The van der Waals surface area contributed by atoms with Crippen LogP contribution >= 0.6 is 11.3 Å². The van der Waals surface area contributed by atoms with E-state index in [2.05, 4.69) is 4.98 Å². The Morgan fingerprint density at radius 2 is 2.03 bits per heavy atom. The third kappa shape index (κ3) is 4.56. The number of aromatic nitrogens is 1. The van der Waals surface area contributed by atoms with Crippen LogP contribution in [0, 0.1) is 0 Å². The summed E-state index contributed by atoms with van der Waals surface area (Å²) in [6, 6.07) is 6.35. The van der Waals surface area contributed by atoms with Gasteiger partial charge in [-0.15, -0.1) is 11.3 Å². The van der Waals surface area contributed by atoms with Crippen molar-refractivity contribution in [3.05, 3.63) is 34.8 Å². The van der Waals surface area contributed by atoms with E-state index in [1.54, 1.807) is 24.3 Å². The molecule has 1 saturated heterocycles. The molecule has 1 aliphatic heterocycles. The molecule has 0 saturated carbocycles. The van der Waals surface area contributed by atoms with Gasteiger partial charge in [0.25, 0.3) is 5.91 Å². The van der Waals surface area contributed by atoms with Gasteiger partial charge < -0.3 is 14.7 Å². The number of aliphatic hydroxyl groups is 1. The highest BCUT2D eigenvalue weighted by Crippen LogP contribution is 2.41. The number of methoxy groups -OCH3 is 1. The second-order valence-electron chi connectivity index (χ2n) is 6.95. The van der Waals surface area contributed by atoms with Crippen molar-refractivity contribution < 1.29 is 27.8 Å². The molecule has 5 nitrogen and oxygen atoms in total. The van der Waals surface area contributed by atoms with E-state index in [1.165, 1.54) is 12.0 Å². The lowest BCUT2D eigenvalue weighted by atomic mass is 9.99. The number of ether oxygens (including phenoxy) is 1. The van der Waals surface area contributed by atoms with E-state index in [4.69, 9.17) is 4.74 Å². The van der Waals surface area contributed by atoms with Gasteiger partial charge in [0.15, 0.2) is 11.8 Å². The summed E-state index contributed by atoms with van der Waals surface area (Å²) < 4.78 is 45.8. The quantitative estimate of drug-likeness (QED) is 0.752. The summed E-state index contributed by atoms with van der Waals surface area (Å²) >= 11 is 0.693. The van der Waals surface area contributed by atoms with Crippen LogP contribution in [0.15, 0.2) is 24.3 Å². The summed E-state index contributed by atoms with van der Waals surface area (Å²) in [7, 11) is 1.49. The van der Waals surface area contributed by atoms with Crippen LogP contribution in [0.1, 0.15) is 49.3 Å². The van der Waals surface area contributed by atoms with Gasteiger partial charge in [-0.1, -0.05) is 6.92 Å². The predicted molar refractivity (Wildman–Crippen MR) is 104 cm³/mol. The summed E-state index contributed by atoms with van der Waals surface area (Å²) in [5.41, 5.74) is -0.754. The zero-order chi connectivity index (χ0) is 21.2. The molecule has 1 N–H and O–H groups in total. The second-order valence-corrected chi connectivity index (χ2v) is 7.98. The van der Waals surface area contributed by atoms with Gasteiger partial charge in [0.05, 0.1) is 12.0 Å². The Labute approximate surface area is 171 Å². The van der Waals surface area contributed by atoms with Crippen molar-refractivity contribution in [1.29, 1.82) is 0 Å². The molecule has 29 heavy (non-hydrogen) atoms. The molecule has 1 aromatic heterocycles. The van der Waals surface area contributed by atoms with Crippen LogP contribution in [0.5, 0.6) is 5.75 Å². The monoisotopic (exact) mass is 428 g/mol. The van der Waals surface area contributed by atoms with Crippen molar-refractivity contribution in [2.45, 2.75) is 50.9 Å². The first-order valence-corrected chi connectivity index (χ1v) is 10.3. The zero-order valence-corrected chi connectivity index (χ0v) is 17.0. The first-order valence-electron chi connectivity index (χ1n) is 9.47. The molecule has 0 spiro atoms. The Kier molecular flexibility index (Phi) is 6.48. The average molecular weight is 428 g/mol. The molecule has 1 amide bonds. The van der Waals surface area contributed by atoms with Gasteiger partial charge in [0.1, 0.15) is 10.8 Å². The number of aliphatic hydroxyl groups excluding tert-OH is 1. The number of piperidine rings is 1. The molecule has 3 rings (SSSR count). The van der Waals surface area contributed by atoms with Crippen molar-refractivity contribution in [1.82, 2.24) is 9.88 Å². The Morgan fingerprint density at radius 1 is 1.34 bits per heavy atom. The first-order chi connectivity index (χ1) is 13.8. The highest BCUT2D eigenvalue weighted by Gasteiger charge is 2.42. The minimum Gasteiger partial charge on any atom is -0.497 e. The second kappa shape index (κ2) is 8.71. The maximum Gasteiger partial charge on any atom is 0.434 e. The molecule has 1 aromatic carbocycles. The summed E-state index contributed by atoms with van der Waals surface area (Å²) in [4.78, 5) is 17.6. The molecule has 2 heterocycles. The van der Waals surface area contributed by atoms with Gasteiger partial charge in [-0.3, -0.25) is 4.79 Å². The fourth-order valence-electron chi connectivity index (χ4n) is 3.56. The number of thiazole rings is 1. The van der Waals surface area contributed by atoms with Crippen molar-refractivity contribution in [2.75, 3.05) is 13.7 Å². The van der Waals surface area contributed by atoms with Gasteiger partial charge in [0, 0.05) is 18.2 Å². The summed E-state index contributed by atoms with van der Waals surface area (Å²) in [5.74, 6) is -0.125. The molecule has 2 unspecified atom stereocenters. The minimum absolute atomic E-state index is 0.0609. The lowest BCUT2D eigenvalue weighted by Crippen LogP contribution is -2.45. The highest BCUT2D eigenvalue weighted by molar-refractivity contribution is 7.15. The van der Waals surface area contributed by atoms with E-state index in [0.29, 0.717) is 35.6 Å². The number of nitrogens with zero attached hydrogens (tertiary/aromatic N) is 2. The summed E-state index contributed by atoms with van der Waals surface area (Å²) in [5, 5.41) is 10.7. The average Bonchev–Trinajstić information content (AvgIpc) is 3.18. The van der Waals surface area contributed by atoms with Crippen molar-refractivity contribution in [2.24, 2.45) is 0 Å². The molecule has 9 heteroatoms. The van der Waals surface area contributed by atoms with Crippen LogP contribution in [0.2, 0.25) is 0 Å². The van der Waals surface area contributed by atoms with Crippen molar-refractivity contribution in [3.8, 4) is 16.3 Å². The SMILES string of the molecule is CCC1CCCCN1C(=O)C(O)c1sc(-c2ccc(OC)cc2)nc1C(F)(F)F. The van der Waals surface area contributed by atoms with Crippen molar-refractivity contribution in [3.63, 3.8) is 0 Å². The normalized spacial score (nSPS) is 18.6. The van der Waals surface area contributed by atoms with Gasteiger partial charge in [-0.25, -0.2) is 4.98 Å². The van der Waals surface area contributed by atoms with Crippen LogP contribution < -0.4 is 4.74 Å². The van der Waals surface area contributed by atoms with Gasteiger partial charge in [-0.05, 0) is 49.9 Å². The van der Waals surface area contributed by atoms with E-state index < -0.39 is 28.8 Å². The predicted octanol–water partition coefficient (Wildman–Crippen LogP) is 4.66. The Hall–Kier alpha value is -2.13. The number of alkyl halides is 3. The Morgan fingerprint density at radius 3 is 2.62 bits per heavy atom. The van der Waals surface area contributed by atoms with Crippen LogP contribution in [0.3, 0.4) is 0 Å². The van der Waals surface area contributed by atoms with Crippen LogP contribution in [0.25, 0.3) is 10.6 Å². The van der Waals surface area contributed by atoms with E-state index in [9.17, 15) is 23.1 Å². The number of amides is 1. The smallest absolute Gasteiger partial charge is 0.434 e. The molecule has 0 radical (unpaired) electrons. The molecule has 0 bridgehead atoms. The number of likely N-dealkylation sites (tertiary alicyclic amines) is 1. The molecule has 0 aliphatic carbocycles. The molecule has 1 aliphatic rings. The molecule has 2 atom stereocenters. The standard InChI is InChI=1S/C20H23F3N2O3S/c1-3-13-6-4-5-11-25(13)19(27)15(26)16-17(20(21,22)23)24-18(29-16)12-7-9-14(28-2)10-8-12/h7-10,13,15,26H,3-6,11H2,1-2H3. The van der Waals surface area contributed by atoms with E-state index in [1.807, 2.05) is 6.92 Å². The minimum atomic E-state index is -4.77. The van der Waals surface area contributed by atoms with Gasteiger partial charge in [0.2, 0.25) is 0 Å². The maximum absolute atomic E-state index is 13.6. The maximum atomic E-state index is 13.6. The molecule has 2 aromatic rings.